The lowest BCUT2D eigenvalue weighted by Crippen LogP contribution is -2.22. The minimum Gasteiger partial charge on any atom is -0.384 e. The molecule has 0 bridgehead atoms. The minimum absolute atomic E-state index is 0.157. The van der Waals surface area contributed by atoms with E-state index in [4.69, 9.17) is 5.11 Å². The van der Waals surface area contributed by atoms with Crippen LogP contribution in [0.2, 0.25) is 0 Å². The zero-order valence-electron chi connectivity index (χ0n) is 11.0. The highest BCUT2D eigenvalue weighted by Gasteiger charge is 2.12. The van der Waals surface area contributed by atoms with Crippen LogP contribution in [-0.2, 0) is 13.0 Å². The van der Waals surface area contributed by atoms with Gasteiger partial charge in [-0.15, -0.1) is 22.7 Å². The predicted molar refractivity (Wildman–Crippen MR) is 80.9 cm³/mol. The fourth-order valence-corrected chi connectivity index (χ4v) is 3.12. The van der Waals surface area contributed by atoms with Crippen molar-refractivity contribution in [3.63, 3.8) is 0 Å². The number of nitrogens with one attached hydrogen (secondary N) is 1. The molecule has 0 unspecified atom stereocenters. The van der Waals surface area contributed by atoms with Gasteiger partial charge in [-0.25, -0.2) is 4.98 Å². The highest BCUT2D eigenvalue weighted by atomic mass is 32.1. The molecule has 2 N–H and O–H groups in total. The van der Waals surface area contributed by atoms with Crippen molar-refractivity contribution in [3.8, 4) is 11.8 Å². The molecule has 0 saturated heterocycles. The SMILES string of the molecule is CCc1cnc(CNC(=O)c2sccc2C#CCO)s1. The maximum absolute atomic E-state index is 12.1. The summed E-state index contributed by atoms with van der Waals surface area (Å²) in [5.74, 6) is 5.17. The molecule has 104 valence electrons. The molecule has 1 amide bonds. The first kappa shape index (κ1) is 14.7. The van der Waals surface area contributed by atoms with Gasteiger partial charge in [0, 0.05) is 16.6 Å². The number of aromatic nitrogens is 1. The van der Waals surface area contributed by atoms with Gasteiger partial charge in [-0.3, -0.25) is 4.79 Å². The standard InChI is InChI=1S/C14H14N2O2S2/c1-2-11-8-15-12(20-11)9-16-14(18)13-10(4-3-6-17)5-7-19-13/h5,7-8,17H,2,6,9H2,1H3,(H,16,18). The summed E-state index contributed by atoms with van der Waals surface area (Å²) >= 11 is 2.95. The summed E-state index contributed by atoms with van der Waals surface area (Å²) in [6.07, 6.45) is 2.80. The van der Waals surface area contributed by atoms with Crippen molar-refractivity contribution >= 4 is 28.6 Å². The molecule has 0 atom stereocenters. The first-order chi connectivity index (χ1) is 9.74. The monoisotopic (exact) mass is 306 g/mol. The molecule has 2 heterocycles. The molecule has 2 aromatic rings. The van der Waals surface area contributed by atoms with Crippen LogP contribution in [0.15, 0.2) is 17.6 Å². The molecular formula is C14H14N2O2S2. The number of aliphatic hydroxyl groups excluding tert-OH is 1. The predicted octanol–water partition coefficient (Wildman–Crippen LogP) is 2.04. The van der Waals surface area contributed by atoms with Gasteiger partial charge in [0.15, 0.2) is 0 Å². The molecule has 0 saturated carbocycles. The molecule has 4 nitrogen and oxygen atoms in total. The van der Waals surface area contributed by atoms with Gasteiger partial charge < -0.3 is 10.4 Å². The van der Waals surface area contributed by atoms with Crippen LogP contribution in [0.1, 0.15) is 32.0 Å². The molecule has 0 aliphatic rings. The fourth-order valence-electron chi connectivity index (χ4n) is 1.55. The average Bonchev–Trinajstić information content (AvgIpc) is 3.11. The number of aryl methyl sites for hydroxylation is 1. The van der Waals surface area contributed by atoms with E-state index in [0.717, 1.165) is 11.4 Å². The molecule has 0 radical (unpaired) electrons. The summed E-state index contributed by atoms with van der Waals surface area (Å²) in [6.45, 7) is 2.29. The largest absolute Gasteiger partial charge is 0.384 e. The first-order valence-electron chi connectivity index (χ1n) is 6.13. The summed E-state index contributed by atoms with van der Waals surface area (Å²) in [6, 6.07) is 1.78. The topological polar surface area (TPSA) is 62.2 Å². The van der Waals surface area contributed by atoms with Crippen LogP contribution >= 0.6 is 22.7 Å². The van der Waals surface area contributed by atoms with Gasteiger partial charge >= 0.3 is 0 Å². The maximum atomic E-state index is 12.1. The molecule has 2 rings (SSSR count). The van der Waals surface area contributed by atoms with Crippen LogP contribution in [0.25, 0.3) is 0 Å². The molecule has 6 heteroatoms. The lowest BCUT2D eigenvalue weighted by atomic mass is 10.2. The Morgan fingerprint density at radius 3 is 3.10 bits per heavy atom. The Balaban J connectivity index is 2.00. The lowest BCUT2D eigenvalue weighted by Gasteiger charge is -2.01. The highest BCUT2D eigenvalue weighted by molar-refractivity contribution is 7.12. The Bertz CT molecular complexity index is 649. The van der Waals surface area contributed by atoms with Crippen LogP contribution in [0.3, 0.4) is 0 Å². The molecular weight excluding hydrogens is 292 g/mol. The van der Waals surface area contributed by atoms with E-state index < -0.39 is 0 Å². The number of thiophene rings is 1. The number of nitrogens with zero attached hydrogens (tertiary/aromatic N) is 1. The van der Waals surface area contributed by atoms with Gasteiger partial charge in [-0.2, -0.15) is 0 Å². The van der Waals surface area contributed by atoms with E-state index in [1.54, 1.807) is 17.4 Å². The molecule has 20 heavy (non-hydrogen) atoms. The summed E-state index contributed by atoms with van der Waals surface area (Å²) in [4.78, 5) is 18.1. The third kappa shape index (κ3) is 3.67. The van der Waals surface area contributed by atoms with Gasteiger partial charge in [-0.05, 0) is 17.9 Å². The van der Waals surface area contributed by atoms with E-state index >= 15 is 0 Å². The fraction of sp³-hybridized carbons (Fsp3) is 0.286. The highest BCUT2D eigenvalue weighted by Crippen LogP contribution is 2.17. The summed E-state index contributed by atoms with van der Waals surface area (Å²) in [7, 11) is 0. The zero-order valence-corrected chi connectivity index (χ0v) is 12.6. The normalized spacial score (nSPS) is 9.90. The molecule has 0 fully saturated rings. The van der Waals surface area contributed by atoms with Crippen molar-refractivity contribution in [1.82, 2.24) is 10.3 Å². The van der Waals surface area contributed by atoms with E-state index in [1.165, 1.54) is 16.2 Å². The van der Waals surface area contributed by atoms with Gasteiger partial charge in [-0.1, -0.05) is 18.8 Å². The minimum atomic E-state index is -0.212. The van der Waals surface area contributed by atoms with Crippen molar-refractivity contribution in [3.05, 3.63) is 38.0 Å². The third-order valence-corrected chi connectivity index (χ3v) is 4.58. The van der Waals surface area contributed by atoms with Crippen LogP contribution in [-0.4, -0.2) is 22.6 Å². The smallest absolute Gasteiger partial charge is 0.262 e. The second-order valence-corrected chi connectivity index (χ2v) is 6.00. The van der Waals surface area contributed by atoms with Gasteiger partial charge in [0.05, 0.1) is 6.54 Å². The van der Waals surface area contributed by atoms with Crippen LogP contribution in [0.5, 0.6) is 0 Å². The second-order valence-electron chi connectivity index (χ2n) is 3.88. The Kier molecular flexibility index (Phi) is 5.30. The maximum Gasteiger partial charge on any atom is 0.262 e. The molecule has 0 aromatic carbocycles. The van der Waals surface area contributed by atoms with Gasteiger partial charge in [0.25, 0.3) is 5.91 Å². The van der Waals surface area contributed by atoms with Crippen LogP contribution in [0, 0.1) is 11.8 Å². The average molecular weight is 306 g/mol. The Morgan fingerprint density at radius 2 is 2.40 bits per heavy atom. The van der Waals surface area contributed by atoms with Crippen LogP contribution < -0.4 is 5.32 Å². The third-order valence-electron chi connectivity index (χ3n) is 2.52. The Labute approximate surface area is 125 Å². The Hall–Kier alpha value is -1.68. The molecule has 2 aromatic heterocycles. The number of hydrogen-bond acceptors (Lipinski definition) is 5. The van der Waals surface area contributed by atoms with Crippen molar-refractivity contribution in [1.29, 1.82) is 0 Å². The van der Waals surface area contributed by atoms with Crippen molar-refractivity contribution in [2.45, 2.75) is 19.9 Å². The van der Waals surface area contributed by atoms with Crippen molar-refractivity contribution in [2.75, 3.05) is 6.61 Å². The quantitative estimate of drug-likeness (QED) is 0.850. The summed E-state index contributed by atoms with van der Waals surface area (Å²) in [5.41, 5.74) is 0.648. The van der Waals surface area contributed by atoms with Crippen LogP contribution in [0.4, 0.5) is 0 Å². The van der Waals surface area contributed by atoms with Crippen molar-refractivity contribution in [2.24, 2.45) is 0 Å². The van der Waals surface area contributed by atoms with Gasteiger partial charge in [0.1, 0.15) is 16.5 Å². The number of hydrogen-bond donors (Lipinski definition) is 2. The summed E-state index contributed by atoms with van der Waals surface area (Å²) in [5, 5.41) is 14.3. The number of carbonyl (C=O) groups excluding carboxylic acids is 1. The van der Waals surface area contributed by atoms with E-state index in [-0.39, 0.29) is 12.5 Å². The van der Waals surface area contributed by atoms with E-state index in [0.29, 0.717) is 17.0 Å². The van der Waals surface area contributed by atoms with Crippen molar-refractivity contribution < 1.29 is 9.90 Å². The molecule has 0 aliphatic carbocycles. The lowest BCUT2D eigenvalue weighted by molar-refractivity contribution is 0.0954. The first-order valence-corrected chi connectivity index (χ1v) is 7.83. The number of thiazole rings is 1. The van der Waals surface area contributed by atoms with Gasteiger partial charge in [0.2, 0.25) is 0 Å². The van der Waals surface area contributed by atoms with E-state index in [1.807, 2.05) is 11.6 Å². The van der Waals surface area contributed by atoms with E-state index in [9.17, 15) is 4.79 Å². The second kappa shape index (κ2) is 7.20. The zero-order chi connectivity index (χ0) is 14.4. The number of rotatable bonds is 4. The summed E-state index contributed by atoms with van der Waals surface area (Å²) < 4.78 is 0. The van der Waals surface area contributed by atoms with E-state index in [2.05, 4.69) is 29.1 Å². The molecule has 0 aliphatic heterocycles. The molecule has 0 spiro atoms. The number of amides is 1. The number of carbonyl (C=O) groups is 1. The number of aliphatic hydroxyl groups is 1. The Morgan fingerprint density at radius 1 is 1.55 bits per heavy atom.